The summed E-state index contributed by atoms with van der Waals surface area (Å²) in [6, 6.07) is 0.174. The Kier molecular flexibility index (Phi) is 3.53. The predicted octanol–water partition coefficient (Wildman–Crippen LogP) is 0.191. The third-order valence-electron chi connectivity index (χ3n) is 2.80. The molecule has 0 radical (unpaired) electrons. The standard InChI is InChI=1S/C11H16N4O2/c1-17-10(16)8-5-13-11(14-6-8)15-4-2-3-9(12)7-15/h5-6,9H,2-4,7,12H2,1H3/t9-/m1/s1. The van der Waals surface area contributed by atoms with Crippen molar-refractivity contribution < 1.29 is 9.53 Å². The minimum absolute atomic E-state index is 0.174. The quantitative estimate of drug-likeness (QED) is 0.738. The maximum Gasteiger partial charge on any atom is 0.341 e. The molecule has 0 bridgehead atoms. The monoisotopic (exact) mass is 236 g/mol. The molecular weight excluding hydrogens is 220 g/mol. The number of ether oxygens (including phenoxy) is 1. The molecule has 2 heterocycles. The van der Waals surface area contributed by atoms with Crippen molar-refractivity contribution in [3.8, 4) is 0 Å². The molecule has 0 amide bonds. The van der Waals surface area contributed by atoms with Crippen molar-refractivity contribution in [1.29, 1.82) is 0 Å². The van der Waals surface area contributed by atoms with Crippen LogP contribution < -0.4 is 10.6 Å². The second-order valence-corrected chi connectivity index (χ2v) is 4.11. The molecule has 0 unspecified atom stereocenters. The lowest BCUT2D eigenvalue weighted by Gasteiger charge is -2.30. The third kappa shape index (κ3) is 2.71. The molecule has 2 rings (SSSR count). The number of aromatic nitrogens is 2. The molecule has 0 spiro atoms. The van der Waals surface area contributed by atoms with Crippen LogP contribution in [-0.4, -0.2) is 42.2 Å². The Hall–Kier alpha value is -1.69. The van der Waals surface area contributed by atoms with Gasteiger partial charge in [-0.2, -0.15) is 0 Å². The summed E-state index contributed by atoms with van der Waals surface area (Å²) in [5, 5.41) is 0. The highest BCUT2D eigenvalue weighted by molar-refractivity contribution is 5.88. The summed E-state index contributed by atoms with van der Waals surface area (Å²) in [5.74, 6) is 0.194. The molecular formula is C11H16N4O2. The van der Waals surface area contributed by atoms with Gasteiger partial charge in [0.2, 0.25) is 5.95 Å². The van der Waals surface area contributed by atoms with Crippen LogP contribution in [0.15, 0.2) is 12.4 Å². The molecule has 1 aromatic heterocycles. The van der Waals surface area contributed by atoms with Crippen molar-refractivity contribution in [3.05, 3.63) is 18.0 Å². The summed E-state index contributed by atoms with van der Waals surface area (Å²) in [4.78, 5) is 21.6. The topological polar surface area (TPSA) is 81.3 Å². The van der Waals surface area contributed by atoms with Crippen LogP contribution in [0.2, 0.25) is 0 Å². The first-order valence-electron chi connectivity index (χ1n) is 5.61. The summed E-state index contributed by atoms with van der Waals surface area (Å²) < 4.78 is 4.59. The second kappa shape index (κ2) is 5.09. The smallest absolute Gasteiger partial charge is 0.341 e. The average Bonchev–Trinajstić information content (AvgIpc) is 2.38. The van der Waals surface area contributed by atoms with E-state index in [4.69, 9.17) is 5.73 Å². The van der Waals surface area contributed by atoms with Crippen molar-refractivity contribution in [2.45, 2.75) is 18.9 Å². The SMILES string of the molecule is COC(=O)c1cnc(N2CCC[C@@H](N)C2)nc1. The van der Waals surface area contributed by atoms with Gasteiger partial charge in [0.1, 0.15) is 0 Å². The Morgan fingerprint density at radius 3 is 2.82 bits per heavy atom. The Labute approximate surface area is 99.8 Å². The van der Waals surface area contributed by atoms with E-state index in [1.165, 1.54) is 19.5 Å². The number of hydrogen-bond donors (Lipinski definition) is 1. The Morgan fingerprint density at radius 2 is 2.24 bits per heavy atom. The first-order chi connectivity index (χ1) is 8.20. The van der Waals surface area contributed by atoms with Gasteiger partial charge in [-0.15, -0.1) is 0 Å². The van der Waals surface area contributed by atoms with Crippen LogP contribution in [0.5, 0.6) is 0 Å². The fourth-order valence-corrected chi connectivity index (χ4v) is 1.90. The zero-order chi connectivity index (χ0) is 12.3. The number of carbonyl (C=O) groups excluding carboxylic acids is 1. The van der Waals surface area contributed by atoms with Crippen LogP contribution in [0.3, 0.4) is 0 Å². The predicted molar refractivity (Wildman–Crippen MR) is 62.8 cm³/mol. The fraction of sp³-hybridized carbons (Fsp3) is 0.545. The van der Waals surface area contributed by atoms with E-state index in [0.29, 0.717) is 11.5 Å². The maximum absolute atomic E-state index is 11.2. The van der Waals surface area contributed by atoms with Gasteiger partial charge < -0.3 is 15.4 Å². The molecule has 0 aliphatic carbocycles. The van der Waals surface area contributed by atoms with Crippen molar-refractivity contribution in [2.75, 3.05) is 25.1 Å². The van der Waals surface area contributed by atoms with Gasteiger partial charge in [-0.25, -0.2) is 14.8 Å². The van der Waals surface area contributed by atoms with Crippen LogP contribution in [-0.2, 0) is 4.74 Å². The lowest BCUT2D eigenvalue weighted by molar-refractivity contribution is 0.0600. The van der Waals surface area contributed by atoms with Crippen LogP contribution in [0.25, 0.3) is 0 Å². The molecule has 2 N–H and O–H groups in total. The Balaban J connectivity index is 2.09. The van der Waals surface area contributed by atoms with Crippen LogP contribution in [0.4, 0.5) is 5.95 Å². The van der Waals surface area contributed by atoms with Gasteiger partial charge in [0.25, 0.3) is 0 Å². The van der Waals surface area contributed by atoms with E-state index in [1.54, 1.807) is 0 Å². The minimum atomic E-state index is -0.424. The van der Waals surface area contributed by atoms with Crippen LogP contribution in [0, 0.1) is 0 Å². The first-order valence-corrected chi connectivity index (χ1v) is 5.61. The van der Waals surface area contributed by atoms with E-state index in [2.05, 4.69) is 14.7 Å². The molecule has 0 saturated carbocycles. The molecule has 17 heavy (non-hydrogen) atoms. The summed E-state index contributed by atoms with van der Waals surface area (Å²) in [5.41, 5.74) is 6.25. The summed E-state index contributed by atoms with van der Waals surface area (Å²) in [6.07, 6.45) is 5.04. The van der Waals surface area contributed by atoms with Crippen LogP contribution >= 0.6 is 0 Å². The van der Waals surface area contributed by atoms with Crippen LogP contribution in [0.1, 0.15) is 23.2 Å². The molecule has 1 fully saturated rings. The van der Waals surface area contributed by atoms with Gasteiger partial charge in [-0.1, -0.05) is 0 Å². The molecule has 1 aliphatic rings. The number of piperidine rings is 1. The molecule has 1 saturated heterocycles. The number of methoxy groups -OCH3 is 1. The summed E-state index contributed by atoms with van der Waals surface area (Å²) >= 11 is 0. The van der Waals surface area contributed by atoms with E-state index in [1.807, 2.05) is 4.90 Å². The van der Waals surface area contributed by atoms with E-state index in [0.717, 1.165) is 25.9 Å². The molecule has 1 aromatic rings. The number of nitrogens with two attached hydrogens (primary N) is 1. The molecule has 6 heteroatoms. The number of nitrogens with zero attached hydrogens (tertiary/aromatic N) is 3. The summed E-state index contributed by atoms with van der Waals surface area (Å²) in [7, 11) is 1.33. The highest BCUT2D eigenvalue weighted by Gasteiger charge is 2.19. The number of rotatable bonds is 2. The molecule has 1 atom stereocenters. The van der Waals surface area contributed by atoms with E-state index >= 15 is 0 Å². The fourth-order valence-electron chi connectivity index (χ4n) is 1.90. The van der Waals surface area contributed by atoms with Gasteiger partial charge in [-0.3, -0.25) is 0 Å². The lowest BCUT2D eigenvalue weighted by Crippen LogP contribution is -2.43. The van der Waals surface area contributed by atoms with Gasteiger partial charge in [0.05, 0.1) is 12.7 Å². The minimum Gasteiger partial charge on any atom is -0.465 e. The number of anilines is 1. The van der Waals surface area contributed by atoms with E-state index in [-0.39, 0.29) is 6.04 Å². The highest BCUT2D eigenvalue weighted by atomic mass is 16.5. The normalized spacial score (nSPS) is 20.1. The van der Waals surface area contributed by atoms with Crippen molar-refractivity contribution >= 4 is 11.9 Å². The molecule has 92 valence electrons. The van der Waals surface area contributed by atoms with Crippen molar-refractivity contribution in [2.24, 2.45) is 5.73 Å². The van der Waals surface area contributed by atoms with Crippen molar-refractivity contribution in [3.63, 3.8) is 0 Å². The average molecular weight is 236 g/mol. The van der Waals surface area contributed by atoms with Gasteiger partial charge in [0, 0.05) is 31.5 Å². The zero-order valence-electron chi connectivity index (χ0n) is 9.80. The first kappa shape index (κ1) is 11.8. The van der Waals surface area contributed by atoms with E-state index < -0.39 is 5.97 Å². The third-order valence-corrected chi connectivity index (χ3v) is 2.80. The summed E-state index contributed by atoms with van der Waals surface area (Å²) in [6.45, 7) is 1.67. The second-order valence-electron chi connectivity index (χ2n) is 4.11. The molecule has 0 aromatic carbocycles. The Bertz CT molecular complexity index is 393. The molecule has 6 nitrogen and oxygen atoms in total. The van der Waals surface area contributed by atoms with Gasteiger partial charge >= 0.3 is 5.97 Å². The van der Waals surface area contributed by atoms with Gasteiger partial charge in [-0.05, 0) is 12.8 Å². The lowest BCUT2D eigenvalue weighted by atomic mass is 10.1. The van der Waals surface area contributed by atoms with E-state index in [9.17, 15) is 4.79 Å². The number of esters is 1. The largest absolute Gasteiger partial charge is 0.465 e. The maximum atomic E-state index is 11.2. The molecule has 1 aliphatic heterocycles. The Morgan fingerprint density at radius 1 is 1.53 bits per heavy atom. The zero-order valence-corrected chi connectivity index (χ0v) is 9.80. The van der Waals surface area contributed by atoms with Crippen molar-refractivity contribution in [1.82, 2.24) is 9.97 Å². The number of hydrogen-bond acceptors (Lipinski definition) is 6. The highest BCUT2D eigenvalue weighted by Crippen LogP contribution is 2.14. The van der Waals surface area contributed by atoms with Gasteiger partial charge in [0.15, 0.2) is 0 Å². The number of carbonyl (C=O) groups is 1.